The molecule has 0 aliphatic carbocycles. The molecule has 0 spiro atoms. The van der Waals surface area contributed by atoms with Gasteiger partial charge in [-0.3, -0.25) is 14.9 Å². The van der Waals surface area contributed by atoms with Crippen molar-refractivity contribution in [1.29, 1.82) is 0 Å². The molecule has 0 aromatic heterocycles. The van der Waals surface area contributed by atoms with Crippen LogP contribution in [0.2, 0.25) is 5.02 Å². The first-order valence-electron chi connectivity index (χ1n) is 5.42. The van der Waals surface area contributed by atoms with Crippen molar-refractivity contribution in [3.8, 4) is 0 Å². The average molecular weight is 270 g/mol. The summed E-state index contributed by atoms with van der Waals surface area (Å²) in [4.78, 5) is 23.8. The van der Waals surface area contributed by atoms with Crippen LogP contribution in [-0.2, 0) is 0 Å². The molecule has 1 fully saturated rings. The largest absolute Gasteiger partial charge is 0.336 e. The Balaban J connectivity index is 2.26. The number of nitro benzene ring substituents is 1. The Hall–Kier alpha value is -1.66. The number of halogens is 1. The molecule has 0 radical (unpaired) electrons. The minimum atomic E-state index is -0.562. The summed E-state index contributed by atoms with van der Waals surface area (Å²) in [5, 5.41) is 14.0. The van der Waals surface area contributed by atoms with E-state index in [1.165, 1.54) is 18.2 Å². The molecular weight excluding hydrogens is 258 g/mol. The maximum atomic E-state index is 12.1. The molecule has 1 heterocycles. The number of nitrogens with zero attached hydrogens (tertiary/aromatic N) is 2. The number of nitro groups is 1. The van der Waals surface area contributed by atoms with E-state index in [2.05, 4.69) is 5.32 Å². The predicted octanol–water partition coefficient (Wildman–Crippen LogP) is 1.29. The van der Waals surface area contributed by atoms with Gasteiger partial charge in [0.1, 0.15) is 0 Å². The van der Waals surface area contributed by atoms with Gasteiger partial charge in [0, 0.05) is 42.9 Å². The number of carbonyl (C=O) groups excluding carboxylic acids is 1. The maximum absolute atomic E-state index is 12.1. The molecule has 6 nitrogen and oxygen atoms in total. The van der Waals surface area contributed by atoms with Gasteiger partial charge in [0.05, 0.1) is 11.0 Å². The Labute approximate surface area is 109 Å². The number of hydrogen-bond donors (Lipinski definition) is 1. The number of rotatable bonds is 3. The molecule has 1 saturated heterocycles. The average Bonchev–Trinajstić information content (AvgIpc) is 2.24. The van der Waals surface area contributed by atoms with Gasteiger partial charge >= 0.3 is 0 Å². The second-order valence-electron chi connectivity index (χ2n) is 4.18. The quantitative estimate of drug-likeness (QED) is 0.663. The minimum absolute atomic E-state index is 0.135. The van der Waals surface area contributed by atoms with Crippen LogP contribution in [0.3, 0.4) is 0 Å². The lowest BCUT2D eigenvalue weighted by Crippen LogP contribution is -2.57. The molecule has 0 unspecified atom stereocenters. The highest BCUT2D eigenvalue weighted by Gasteiger charge is 2.27. The lowest BCUT2D eigenvalue weighted by molar-refractivity contribution is -0.384. The zero-order valence-corrected chi connectivity index (χ0v) is 10.5. The third kappa shape index (κ3) is 2.44. The SMILES string of the molecule is CN(C(=O)c1cc(Cl)cc([N+](=O)[O-])c1)C1CNC1. The lowest BCUT2D eigenvalue weighted by Gasteiger charge is -2.35. The zero-order valence-electron chi connectivity index (χ0n) is 9.72. The monoisotopic (exact) mass is 269 g/mol. The molecule has 0 atom stereocenters. The van der Waals surface area contributed by atoms with E-state index in [0.717, 1.165) is 13.1 Å². The fourth-order valence-corrected chi connectivity index (χ4v) is 1.95. The zero-order chi connectivity index (χ0) is 13.3. The lowest BCUT2D eigenvalue weighted by atomic mass is 10.1. The van der Waals surface area contributed by atoms with Crippen molar-refractivity contribution in [3.63, 3.8) is 0 Å². The van der Waals surface area contributed by atoms with E-state index in [1.54, 1.807) is 11.9 Å². The topological polar surface area (TPSA) is 75.5 Å². The van der Waals surface area contributed by atoms with Crippen molar-refractivity contribution < 1.29 is 9.72 Å². The molecule has 1 aromatic carbocycles. The summed E-state index contributed by atoms with van der Waals surface area (Å²) in [5.41, 5.74) is 0.0644. The number of carbonyl (C=O) groups is 1. The minimum Gasteiger partial charge on any atom is -0.336 e. The summed E-state index contributed by atoms with van der Waals surface area (Å²) < 4.78 is 0. The fraction of sp³-hybridized carbons (Fsp3) is 0.364. The Kier molecular flexibility index (Phi) is 3.49. The molecule has 1 aliphatic rings. The van der Waals surface area contributed by atoms with E-state index in [4.69, 9.17) is 11.6 Å². The number of non-ortho nitro benzene ring substituents is 1. The second kappa shape index (κ2) is 4.91. The molecule has 2 rings (SSSR count). The van der Waals surface area contributed by atoms with E-state index in [1.807, 2.05) is 0 Å². The van der Waals surface area contributed by atoms with Gasteiger partial charge in [-0.05, 0) is 6.07 Å². The molecule has 0 saturated carbocycles. The molecule has 1 amide bonds. The molecule has 0 bridgehead atoms. The highest BCUT2D eigenvalue weighted by Crippen LogP contribution is 2.22. The Morgan fingerprint density at radius 1 is 1.50 bits per heavy atom. The van der Waals surface area contributed by atoms with E-state index in [-0.39, 0.29) is 28.2 Å². The first kappa shape index (κ1) is 12.8. The smallest absolute Gasteiger partial charge is 0.271 e. The molecular formula is C11H12ClN3O3. The standard InChI is InChI=1S/C11H12ClN3O3/c1-14(10-5-13-6-10)11(16)7-2-8(12)4-9(3-7)15(17)18/h2-4,10,13H,5-6H2,1H3. The van der Waals surface area contributed by atoms with Crippen LogP contribution in [0.5, 0.6) is 0 Å². The van der Waals surface area contributed by atoms with Crippen LogP contribution in [0, 0.1) is 10.1 Å². The molecule has 18 heavy (non-hydrogen) atoms. The maximum Gasteiger partial charge on any atom is 0.271 e. The van der Waals surface area contributed by atoms with Crippen LogP contribution in [0.25, 0.3) is 0 Å². The van der Waals surface area contributed by atoms with E-state index >= 15 is 0 Å². The predicted molar refractivity (Wildman–Crippen MR) is 66.9 cm³/mol. The van der Waals surface area contributed by atoms with Gasteiger partial charge in [-0.1, -0.05) is 11.6 Å². The number of hydrogen-bond acceptors (Lipinski definition) is 4. The molecule has 96 valence electrons. The van der Waals surface area contributed by atoms with Crippen molar-refractivity contribution in [2.45, 2.75) is 6.04 Å². The van der Waals surface area contributed by atoms with Gasteiger partial charge in [-0.2, -0.15) is 0 Å². The number of nitrogens with one attached hydrogen (secondary N) is 1. The van der Waals surface area contributed by atoms with Crippen molar-refractivity contribution in [3.05, 3.63) is 38.9 Å². The third-order valence-corrected chi connectivity index (χ3v) is 3.19. The van der Waals surface area contributed by atoms with Crippen molar-refractivity contribution in [2.24, 2.45) is 0 Å². The van der Waals surface area contributed by atoms with Crippen molar-refractivity contribution in [2.75, 3.05) is 20.1 Å². The Bertz CT molecular complexity index is 502. The van der Waals surface area contributed by atoms with Crippen LogP contribution in [0.1, 0.15) is 10.4 Å². The van der Waals surface area contributed by atoms with E-state index in [9.17, 15) is 14.9 Å². The third-order valence-electron chi connectivity index (χ3n) is 2.97. The van der Waals surface area contributed by atoms with Crippen molar-refractivity contribution in [1.82, 2.24) is 10.2 Å². The first-order valence-corrected chi connectivity index (χ1v) is 5.79. The summed E-state index contributed by atoms with van der Waals surface area (Å²) >= 11 is 5.78. The van der Waals surface area contributed by atoms with Gasteiger partial charge < -0.3 is 10.2 Å². The normalized spacial score (nSPS) is 15.0. The molecule has 1 aromatic rings. The number of benzene rings is 1. The highest BCUT2D eigenvalue weighted by molar-refractivity contribution is 6.31. The summed E-state index contributed by atoms with van der Waals surface area (Å²) in [7, 11) is 1.68. The van der Waals surface area contributed by atoms with E-state index < -0.39 is 4.92 Å². The number of likely N-dealkylation sites (N-methyl/N-ethyl adjacent to an activating group) is 1. The summed E-state index contributed by atoms with van der Waals surface area (Å²) in [6.07, 6.45) is 0. The van der Waals surface area contributed by atoms with Crippen LogP contribution < -0.4 is 5.32 Å². The Morgan fingerprint density at radius 2 is 2.17 bits per heavy atom. The summed E-state index contributed by atoms with van der Waals surface area (Å²) in [5.74, 6) is -0.257. The number of amides is 1. The van der Waals surface area contributed by atoms with Crippen LogP contribution in [0.4, 0.5) is 5.69 Å². The van der Waals surface area contributed by atoms with E-state index in [0.29, 0.717) is 0 Å². The van der Waals surface area contributed by atoms with Crippen LogP contribution >= 0.6 is 11.6 Å². The molecule has 7 heteroatoms. The van der Waals surface area contributed by atoms with Gasteiger partial charge in [-0.25, -0.2) is 0 Å². The highest BCUT2D eigenvalue weighted by atomic mass is 35.5. The second-order valence-corrected chi connectivity index (χ2v) is 4.62. The van der Waals surface area contributed by atoms with Crippen molar-refractivity contribution >= 4 is 23.2 Å². The fourth-order valence-electron chi connectivity index (χ4n) is 1.72. The van der Waals surface area contributed by atoms with Gasteiger partial charge in [-0.15, -0.1) is 0 Å². The summed E-state index contributed by atoms with van der Waals surface area (Å²) in [6, 6.07) is 4.05. The summed E-state index contributed by atoms with van der Waals surface area (Å²) in [6.45, 7) is 1.48. The van der Waals surface area contributed by atoms with Gasteiger partial charge in [0.2, 0.25) is 0 Å². The van der Waals surface area contributed by atoms with Crippen LogP contribution in [-0.4, -0.2) is 41.9 Å². The van der Waals surface area contributed by atoms with Crippen LogP contribution in [0.15, 0.2) is 18.2 Å². The Morgan fingerprint density at radius 3 is 2.67 bits per heavy atom. The molecule has 1 aliphatic heterocycles. The molecule has 1 N–H and O–H groups in total. The van der Waals surface area contributed by atoms with Gasteiger partial charge in [0.15, 0.2) is 0 Å². The first-order chi connectivity index (χ1) is 8.49. The van der Waals surface area contributed by atoms with Gasteiger partial charge in [0.25, 0.3) is 11.6 Å².